The number of rotatable bonds is 4. The van der Waals surface area contributed by atoms with Crippen LogP contribution in [-0.2, 0) is 6.54 Å². The lowest BCUT2D eigenvalue weighted by Gasteiger charge is -2.26. The van der Waals surface area contributed by atoms with Gasteiger partial charge in [0.25, 0.3) is 5.91 Å². The molecule has 120 valence electrons. The van der Waals surface area contributed by atoms with Gasteiger partial charge in [0.2, 0.25) is 0 Å². The van der Waals surface area contributed by atoms with E-state index in [9.17, 15) is 9.18 Å². The summed E-state index contributed by atoms with van der Waals surface area (Å²) in [6.07, 6.45) is 4.67. The number of anilines is 1. The molecular formula is C17H19FN4O. The third-order valence-corrected chi connectivity index (χ3v) is 3.92. The van der Waals surface area contributed by atoms with Crippen LogP contribution in [0.4, 0.5) is 10.2 Å². The van der Waals surface area contributed by atoms with E-state index in [1.54, 1.807) is 18.2 Å². The largest absolute Gasteiger partial charge is 0.366 e. The van der Waals surface area contributed by atoms with Gasteiger partial charge in [-0.15, -0.1) is 0 Å². The Labute approximate surface area is 134 Å². The second kappa shape index (κ2) is 7.17. The summed E-state index contributed by atoms with van der Waals surface area (Å²) in [4.78, 5) is 22.5. The van der Waals surface area contributed by atoms with E-state index in [1.165, 1.54) is 24.9 Å². The van der Waals surface area contributed by atoms with Crippen LogP contribution in [0.5, 0.6) is 0 Å². The van der Waals surface area contributed by atoms with Crippen LogP contribution in [0.25, 0.3) is 0 Å². The number of carbonyl (C=O) groups excluding carboxylic acids is 1. The molecule has 1 aliphatic rings. The van der Waals surface area contributed by atoms with Crippen molar-refractivity contribution in [3.8, 4) is 0 Å². The van der Waals surface area contributed by atoms with Crippen molar-refractivity contribution in [2.24, 2.45) is 0 Å². The molecule has 6 heteroatoms. The van der Waals surface area contributed by atoms with Gasteiger partial charge in [-0.1, -0.05) is 12.1 Å². The SMILES string of the molecule is O=C(c1cc(NCc2ccc(F)cc2)ncn1)N1CCCCC1. The Balaban J connectivity index is 1.64. The predicted molar refractivity (Wildman–Crippen MR) is 85.5 cm³/mol. The van der Waals surface area contributed by atoms with Crippen LogP contribution >= 0.6 is 0 Å². The van der Waals surface area contributed by atoms with Gasteiger partial charge in [-0.2, -0.15) is 0 Å². The first-order valence-corrected chi connectivity index (χ1v) is 7.82. The molecule has 0 saturated carbocycles. The maximum atomic E-state index is 12.9. The number of hydrogen-bond donors (Lipinski definition) is 1. The summed E-state index contributed by atoms with van der Waals surface area (Å²) >= 11 is 0. The van der Waals surface area contributed by atoms with Crippen molar-refractivity contribution < 1.29 is 9.18 Å². The molecule has 1 aromatic carbocycles. The van der Waals surface area contributed by atoms with E-state index >= 15 is 0 Å². The number of aromatic nitrogens is 2. The van der Waals surface area contributed by atoms with Crippen molar-refractivity contribution in [2.75, 3.05) is 18.4 Å². The lowest BCUT2D eigenvalue weighted by atomic mass is 10.1. The number of carbonyl (C=O) groups is 1. The molecule has 1 amide bonds. The molecule has 3 rings (SSSR count). The Bertz CT molecular complexity index is 669. The summed E-state index contributed by atoms with van der Waals surface area (Å²) in [6, 6.07) is 7.93. The van der Waals surface area contributed by atoms with Crippen LogP contribution in [0.15, 0.2) is 36.7 Å². The molecule has 0 unspecified atom stereocenters. The standard InChI is InChI=1S/C17H19FN4O/c18-14-6-4-13(5-7-14)11-19-16-10-15(20-12-21-16)17(23)22-8-2-1-3-9-22/h4-7,10,12H,1-3,8-9,11H2,(H,19,20,21). The van der Waals surface area contributed by atoms with Gasteiger partial charge in [-0.05, 0) is 37.0 Å². The fourth-order valence-electron chi connectivity index (χ4n) is 2.62. The highest BCUT2D eigenvalue weighted by atomic mass is 19.1. The number of halogens is 1. The van der Waals surface area contributed by atoms with Crippen molar-refractivity contribution in [2.45, 2.75) is 25.8 Å². The van der Waals surface area contributed by atoms with E-state index < -0.39 is 0 Å². The van der Waals surface area contributed by atoms with Crippen LogP contribution in [0, 0.1) is 5.82 Å². The molecular weight excluding hydrogens is 295 g/mol. The van der Waals surface area contributed by atoms with E-state index in [0.717, 1.165) is 31.5 Å². The Hall–Kier alpha value is -2.50. The van der Waals surface area contributed by atoms with Gasteiger partial charge in [-0.3, -0.25) is 4.79 Å². The molecule has 0 spiro atoms. The first-order chi connectivity index (χ1) is 11.2. The van der Waals surface area contributed by atoms with Crippen molar-refractivity contribution in [3.63, 3.8) is 0 Å². The van der Waals surface area contributed by atoms with Gasteiger partial charge in [0.1, 0.15) is 23.7 Å². The Kier molecular flexibility index (Phi) is 4.80. The molecule has 1 aromatic heterocycles. The number of benzene rings is 1. The molecule has 5 nitrogen and oxygen atoms in total. The number of piperidine rings is 1. The summed E-state index contributed by atoms with van der Waals surface area (Å²) < 4.78 is 12.9. The average molecular weight is 314 g/mol. The monoisotopic (exact) mass is 314 g/mol. The fraction of sp³-hybridized carbons (Fsp3) is 0.353. The smallest absolute Gasteiger partial charge is 0.272 e. The zero-order valence-electron chi connectivity index (χ0n) is 12.8. The quantitative estimate of drug-likeness (QED) is 0.943. The van der Waals surface area contributed by atoms with Crippen molar-refractivity contribution >= 4 is 11.7 Å². The van der Waals surface area contributed by atoms with E-state index in [-0.39, 0.29) is 11.7 Å². The minimum absolute atomic E-state index is 0.0445. The lowest BCUT2D eigenvalue weighted by Crippen LogP contribution is -2.36. The summed E-state index contributed by atoms with van der Waals surface area (Å²) in [5.74, 6) is 0.284. The third kappa shape index (κ3) is 4.03. The predicted octanol–water partition coefficient (Wildman–Crippen LogP) is 2.85. The Morgan fingerprint density at radius 3 is 2.61 bits per heavy atom. The highest BCUT2D eigenvalue weighted by molar-refractivity contribution is 5.92. The van der Waals surface area contributed by atoms with Gasteiger partial charge in [0.15, 0.2) is 0 Å². The van der Waals surface area contributed by atoms with Crippen LogP contribution in [0.3, 0.4) is 0 Å². The van der Waals surface area contributed by atoms with Gasteiger partial charge in [0.05, 0.1) is 0 Å². The molecule has 23 heavy (non-hydrogen) atoms. The maximum absolute atomic E-state index is 12.9. The second-order valence-corrected chi connectivity index (χ2v) is 5.62. The average Bonchev–Trinajstić information content (AvgIpc) is 2.61. The van der Waals surface area contributed by atoms with Crippen molar-refractivity contribution in [1.82, 2.24) is 14.9 Å². The summed E-state index contributed by atoms with van der Waals surface area (Å²) in [7, 11) is 0. The summed E-state index contributed by atoms with van der Waals surface area (Å²) in [5, 5.41) is 3.13. The zero-order chi connectivity index (χ0) is 16.1. The minimum atomic E-state index is -0.259. The van der Waals surface area contributed by atoms with E-state index in [2.05, 4.69) is 15.3 Å². The van der Waals surface area contributed by atoms with Crippen LogP contribution in [0.1, 0.15) is 35.3 Å². The minimum Gasteiger partial charge on any atom is -0.366 e. The fourth-order valence-corrected chi connectivity index (χ4v) is 2.62. The Morgan fingerprint density at radius 2 is 1.87 bits per heavy atom. The molecule has 1 aliphatic heterocycles. The molecule has 1 N–H and O–H groups in total. The van der Waals surface area contributed by atoms with Crippen LogP contribution in [-0.4, -0.2) is 33.9 Å². The normalized spacial score (nSPS) is 14.6. The van der Waals surface area contributed by atoms with Crippen molar-refractivity contribution in [3.05, 3.63) is 53.7 Å². The van der Waals surface area contributed by atoms with Crippen LogP contribution < -0.4 is 5.32 Å². The highest BCUT2D eigenvalue weighted by Crippen LogP contribution is 2.14. The number of likely N-dealkylation sites (tertiary alicyclic amines) is 1. The summed E-state index contributed by atoms with van der Waals surface area (Å²) in [5.41, 5.74) is 1.34. The molecule has 1 saturated heterocycles. The van der Waals surface area contributed by atoms with Gasteiger partial charge in [0, 0.05) is 25.7 Å². The number of hydrogen-bond acceptors (Lipinski definition) is 4. The second-order valence-electron chi connectivity index (χ2n) is 5.62. The molecule has 0 radical (unpaired) electrons. The van der Waals surface area contributed by atoms with Gasteiger partial charge >= 0.3 is 0 Å². The zero-order valence-corrected chi connectivity index (χ0v) is 12.8. The first kappa shape index (κ1) is 15.4. The molecule has 2 heterocycles. The van der Waals surface area contributed by atoms with Gasteiger partial charge < -0.3 is 10.2 Å². The van der Waals surface area contributed by atoms with E-state index in [1.807, 2.05) is 4.90 Å². The molecule has 0 atom stereocenters. The Morgan fingerprint density at radius 1 is 1.13 bits per heavy atom. The van der Waals surface area contributed by atoms with E-state index in [0.29, 0.717) is 18.1 Å². The first-order valence-electron chi connectivity index (χ1n) is 7.82. The number of amides is 1. The lowest BCUT2D eigenvalue weighted by molar-refractivity contribution is 0.0718. The van der Waals surface area contributed by atoms with Crippen molar-refractivity contribution in [1.29, 1.82) is 0 Å². The topological polar surface area (TPSA) is 58.1 Å². The van der Waals surface area contributed by atoms with Crippen LogP contribution in [0.2, 0.25) is 0 Å². The maximum Gasteiger partial charge on any atom is 0.272 e. The third-order valence-electron chi connectivity index (χ3n) is 3.92. The molecule has 1 fully saturated rings. The van der Waals surface area contributed by atoms with E-state index in [4.69, 9.17) is 0 Å². The highest BCUT2D eigenvalue weighted by Gasteiger charge is 2.19. The molecule has 2 aromatic rings. The van der Waals surface area contributed by atoms with Gasteiger partial charge in [-0.25, -0.2) is 14.4 Å². The molecule has 0 aliphatic carbocycles. The molecule has 0 bridgehead atoms. The number of nitrogens with zero attached hydrogens (tertiary/aromatic N) is 3. The summed E-state index contributed by atoms with van der Waals surface area (Å²) in [6.45, 7) is 2.09. The number of nitrogens with one attached hydrogen (secondary N) is 1.